The van der Waals surface area contributed by atoms with Gasteiger partial charge in [-0.1, -0.05) is 41.7 Å². The van der Waals surface area contributed by atoms with Gasteiger partial charge in [-0.15, -0.1) is 0 Å². The van der Waals surface area contributed by atoms with E-state index in [1.54, 1.807) is 11.3 Å². The number of urea groups is 1. The number of anilines is 2. The van der Waals surface area contributed by atoms with Gasteiger partial charge in [-0.3, -0.25) is 10.1 Å². The molecular weight excluding hydrogens is 390 g/mol. The molecule has 1 fully saturated rings. The molecular formula is C20H21N5O3S. The molecule has 1 aromatic heterocycles. The van der Waals surface area contributed by atoms with Crippen molar-refractivity contribution in [1.82, 2.24) is 10.3 Å². The lowest BCUT2D eigenvalue weighted by molar-refractivity contribution is -0.120. The zero-order chi connectivity index (χ0) is 20.2. The summed E-state index contributed by atoms with van der Waals surface area (Å²) < 4.78 is 6.42. The Labute approximate surface area is 171 Å². The van der Waals surface area contributed by atoms with Gasteiger partial charge in [-0.2, -0.15) is 0 Å². The molecule has 4 N–H and O–H groups in total. The Morgan fingerprint density at radius 2 is 1.90 bits per heavy atom. The van der Waals surface area contributed by atoms with Crippen LogP contribution in [0.4, 0.5) is 15.6 Å². The number of aromatic nitrogens is 1. The first-order valence-corrected chi connectivity index (χ1v) is 10.1. The van der Waals surface area contributed by atoms with Crippen molar-refractivity contribution in [3.8, 4) is 0 Å². The van der Waals surface area contributed by atoms with Gasteiger partial charge in [0.25, 0.3) is 5.91 Å². The number of ether oxygens (including phenoxy) is 1. The van der Waals surface area contributed by atoms with Crippen LogP contribution in [0.1, 0.15) is 11.6 Å². The van der Waals surface area contributed by atoms with E-state index in [-0.39, 0.29) is 0 Å². The summed E-state index contributed by atoms with van der Waals surface area (Å²) in [5.41, 5.74) is 7.51. The predicted octanol–water partition coefficient (Wildman–Crippen LogP) is 2.48. The number of thiazole rings is 1. The molecule has 3 amide bonds. The van der Waals surface area contributed by atoms with E-state index in [9.17, 15) is 9.59 Å². The van der Waals surface area contributed by atoms with E-state index in [0.717, 1.165) is 39.7 Å². The van der Waals surface area contributed by atoms with Crippen LogP contribution >= 0.6 is 11.3 Å². The van der Waals surface area contributed by atoms with Crippen LogP contribution in [0.5, 0.6) is 0 Å². The maximum atomic E-state index is 12.5. The van der Waals surface area contributed by atoms with Crippen LogP contribution < -0.4 is 21.3 Å². The third-order valence-corrected chi connectivity index (χ3v) is 5.69. The minimum Gasteiger partial charge on any atom is -0.378 e. The fourth-order valence-corrected chi connectivity index (χ4v) is 4.25. The van der Waals surface area contributed by atoms with E-state index >= 15 is 0 Å². The summed E-state index contributed by atoms with van der Waals surface area (Å²) in [5.74, 6) is -0.512. The summed E-state index contributed by atoms with van der Waals surface area (Å²) >= 11 is 1.60. The van der Waals surface area contributed by atoms with E-state index in [1.165, 1.54) is 0 Å². The lowest BCUT2D eigenvalue weighted by Gasteiger charge is -2.25. The van der Waals surface area contributed by atoms with Crippen LogP contribution in [-0.4, -0.2) is 43.2 Å². The van der Waals surface area contributed by atoms with Crippen molar-refractivity contribution in [3.63, 3.8) is 0 Å². The van der Waals surface area contributed by atoms with Gasteiger partial charge in [0.15, 0.2) is 5.13 Å². The Hall–Kier alpha value is -3.17. The lowest BCUT2D eigenvalue weighted by Crippen LogP contribution is -2.40. The number of nitrogens with zero attached hydrogens (tertiary/aromatic N) is 2. The number of fused-ring (bicyclic) bond motifs is 1. The zero-order valence-corrected chi connectivity index (χ0v) is 16.4. The molecule has 0 unspecified atom stereocenters. The minimum atomic E-state index is -0.884. The maximum Gasteiger partial charge on any atom is 0.318 e. The number of hydrogen-bond donors (Lipinski definition) is 3. The molecule has 2 heterocycles. The van der Waals surface area contributed by atoms with Gasteiger partial charge in [0.2, 0.25) is 0 Å². The van der Waals surface area contributed by atoms with Crippen LogP contribution in [0, 0.1) is 0 Å². The van der Waals surface area contributed by atoms with Crippen LogP contribution in [0.3, 0.4) is 0 Å². The third kappa shape index (κ3) is 4.47. The van der Waals surface area contributed by atoms with E-state index in [1.807, 2.05) is 48.5 Å². The van der Waals surface area contributed by atoms with Gasteiger partial charge >= 0.3 is 6.03 Å². The van der Waals surface area contributed by atoms with Crippen molar-refractivity contribution < 1.29 is 14.3 Å². The topological polar surface area (TPSA) is 110 Å². The first-order chi connectivity index (χ1) is 14.1. The molecule has 1 aliphatic rings. The van der Waals surface area contributed by atoms with Gasteiger partial charge in [-0.05, 0) is 23.8 Å². The number of carbonyl (C=O) groups excluding carboxylic acids is 2. The van der Waals surface area contributed by atoms with Crippen molar-refractivity contribution in [2.24, 2.45) is 5.73 Å². The zero-order valence-electron chi connectivity index (χ0n) is 15.6. The van der Waals surface area contributed by atoms with Gasteiger partial charge < -0.3 is 20.7 Å². The average Bonchev–Trinajstić information content (AvgIpc) is 3.16. The monoisotopic (exact) mass is 411 g/mol. The Morgan fingerprint density at radius 3 is 2.62 bits per heavy atom. The Bertz CT molecular complexity index is 1020. The van der Waals surface area contributed by atoms with Crippen molar-refractivity contribution in [3.05, 3.63) is 54.1 Å². The number of imide groups is 1. The van der Waals surface area contributed by atoms with E-state index < -0.39 is 18.0 Å². The van der Waals surface area contributed by atoms with Crippen LogP contribution in [-0.2, 0) is 9.53 Å². The number of hydrogen-bond acceptors (Lipinski definition) is 7. The molecule has 1 saturated heterocycles. The Kier molecular flexibility index (Phi) is 5.59. The molecule has 0 spiro atoms. The minimum absolute atomic E-state index is 0.512. The number of benzene rings is 2. The van der Waals surface area contributed by atoms with Crippen LogP contribution in [0.2, 0.25) is 0 Å². The highest BCUT2D eigenvalue weighted by molar-refractivity contribution is 7.22. The predicted molar refractivity (Wildman–Crippen MR) is 113 cm³/mol. The molecule has 1 aliphatic heterocycles. The first kappa shape index (κ1) is 19.2. The second-order valence-electron chi connectivity index (χ2n) is 6.62. The Balaban J connectivity index is 1.59. The maximum absolute atomic E-state index is 12.5. The fraction of sp³-hybridized carbons (Fsp3) is 0.250. The number of rotatable bonds is 5. The third-order valence-electron chi connectivity index (χ3n) is 4.61. The molecule has 29 heavy (non-hydrogen) atoms. The smallest absolute Gasteiger partial charge is 0.318 e. The lowest BCUT2D eigenvalue weighted by atomic mass is 10.1. The fourth-order valence-electron chi connectivity index (χ4n) is 3.20. The highest BCUT2D eigenvalue weighted by atomic mass is 32.1. The van der Waals surface area contributed by atoms with E-state index in [4.69, 9.17) is 15.5 Å². The molecule has 150 valence electrons. The first-order valence-electron chi connectivity index (χ1n) is 9.25. The normalized spacial score (nSPS) is 15.1. The quantitative estimate of drug-likeness (QED) is 0.595. The van der Waals surface area contributed by atoms with Crippen LogP contribution in [0.15, 0.2) is 48.5 Å². The molecule has 9 heteroatoms. The largest absolute Gasteiger partial charge is 0.378 e. The number of nitrogens with two attached hydrogens (primary N) is 1. The summed E-state index contributed by atoms with van der Waals surface area (Å²) in [6, 6.07) is 13.3. The summed E-state index contributed by atoms with van der Waals surface area (Å²) in [5, 5.41) is 6.33. The van der Waals surface area contributed by atoms with Gasteiger partial charge in [0.05, 0.1) is 23.4 Å². The Morgan fingerprint density at radius 1 is 1.14 bits per heavy atom. The van der Waals surface area contributed by atoms with Crippen LogP contribution in [0.25, 0.3) is 10.2 Å². The van der Waals surface area contributed by atoms with Crippen molar-refractivity contribution in [2.75, 3.05) is 36.5 Å². The molecule has 8 nitrogen and oxygen atoms in total. The highest BCUT2D eigenvalue weighted by Crippen LogP contribution is 2.32. The molecule has 0 radical (unpaired) electrons. The van der Waals surface area contributed by atoms with Gasteiger partial charge in [-0.25, -0.2) is 9.78 Å². The second-order valence-corrected chi connectivity index (χ2v) is 7.63. The molecule has 1 atom stereocenters. The number of primary amides is 1. The molecule has 2 aromatic carbocycles. The van der Waals surface area contributed by atoms with E-state index in [0.29, 0.717) is 13.2 Å². The number of morpholine rings is 1. The van der Waals surface area contributed by atoms with Crippen molar-refractivity contribution in [2.45, 2.75) is 6.04 Å². The number of amides is 3. The van der Waals surface area contributed by atoms with Crippen molar-refractivity contribution >= 4 is 44.3 Å². The molecule has 3 aromatic rings. The number of carbonyl (C=O) groups is 2. The van der Waals surface area contributed by atoms with Gasteiger partial charge in [0, 0.05) is 18.8 Å². The molecule has 0 bridgehead atoms. The van der Waals surface area contributed by atoms with Crippen molar-refractivity contribution in [1.29, 1.82) is 0 Å². The second kappa shape index (κ2) is 8.46. The summed E-state index contributed by atoms with van der Waals surface area (Å²) in [6.07, 6.45) is 0. The van der Waals surface area contributed by atoms with Gasteiger partial charge in [0.1, 0.15) is 6.04 Å². The summed E-state index contributed by atoms with van der Waals surface area (Å²) in [7, 11) is 0. The average molecular weight is 411 g/mol. The SMILES string of the molecule is NC(=O)NC(=O)[C@H](Nc1ccc2nc(N3CCOCC3)sc2c1)c1ccccc1. The molecule has 4 rings (SSSR count). The molecule has 0 saturated carbocycles. The van der Waals surface area contributed by atoms with E-state index in [2.05, 4.69) is 15.5 Å². The number of nitrogens with one attached hydrogen (secondary N) is 2. The summed E-state index contributed by atoms with van der Waals surface area (Å²) in [4.78, 5) is 30.6. The summed E-state index contributed by atoms with van der Waals surface area (Å²) in [6.45, 7) is 3.06. The standard InChI is InChI=1S/C20H21N5O3S/c21-19(27)24-18(26)17(13-4-2-1-3-5-13)22-14-6-7-15-16(12-14)29-20(23-15)25-8-10-28-11-9-25/h1-7,12,17,22H,8-11H2,(H3,21,24,26,27)/t17-/m1/s1. The highest BCUT2D eigenvalue weighted by Gasteiger charge is 2.22. The molecule has 0 aliphatic carbocycles.